The molecule has 0 atom stereocenters. The summed E-state index contributed by atoms with van der Waals surface area (Å²) in [5.74, 6) is 0.725. The minimum absolute atomic E-state index is 0.0194. The van der Waals surface area contributed by atoms with Crippen molar-refractivity contribution in [1.29, 1.82) is 0 Å². The molecule has 4 nitrogen and oxygen atoms in total. The fourth-order valence-corrected chi connectivity index (χ4v) is 1.90. The van der Waals surface area contributed by atoms with Crippen molar-refractivity contribution in [2.45, 2.75) is 0 Å². The number of aromatic amines is 1. The van der Waals surface area contributed by atoms with Gasteiger partial charge >= 0.3 is 0 Å². The molecule has 0 bridgehead atoms. The molecule has 0 unspecified atom stereocenters. The molecule has 0 saturated carbocycles. The number of H-pyrrole nitrogens is 1. The Labute approximate surface area is 98.6 Å². The number of hydrogen-bond acceptors (Lipinski definition) is 2. The number of nitrogens with one attached hydrogen (secondary N) is 1. The van der Waals surface area contributed by atoms with Gasteiger partial charge in [-0.2, -0.15) is 0 Å². The highest BCUT2D eigenvalue weighted by Gasteiger charge is 2.06. The van der Waals surface area contributed by atoms with Crippen LogP contribution >= 0.6 is 15.9 Å². The zero-order chi connectivity index (χ0) is 11.1. The number of halogens is 1. The second-order valence-corrected chi connectivity index (χ2v) is 4.21. The predicted molar refractivity (Wildman–Crippen MR) is 63.4 cm³/mol. The Morgan fingerprint density at radius 3 is 2.94 bits per heavy atom. The van der Waals surface area contributed by atoms with Crippen LogP contribution in [-0.4, -0.2) is 9.38 Å². The third kappa shape index (κ3) is 1.49. The molecule has 0 aliphatic rings. The SMILES string of the molecule is O=c1ccn2cc(-c3ccc(Br)o3)[nH]c2c1. The Hall–Kier alpha value is -1.75. The van der Waals surface area contributed by atoms with Crippen molar-refractivity contribution < 1.29 is 4.42 Å². The molecule has 0 radical (unpaired) electrons. The van der Waals surface area contributed by atoms with Gasteiger partial charge in [-0.3, -0.25) is 4.79 Å². The van der Waals surface area contributed by atoms with Crippen LogP contribution in [0, 0.1) is 0 Å². The van der Waals surface area contributed by atoms with Gasteiger partial charge in [-0.05, 0) is 28.1 Å². The summed E-state index contributed by atoms with van der Waals surface area (Å²) < 4.78 is 7.94. The van der Waals surface area contributed by atoms with E-state index in [0.29, 0.717) is 4.67 Å². The first kappa shape index (κ1) is 9.47. The largest absolute Gasteiger partial charge is 0.448 e. The first-order valence-corrected chi connectivity index (χ1v) is 5.48. The van der Waals surface area contributed by atoms with Crippen LogP contribution in [0.5, 0.6) is 0 Å². The van der Waals surface area contributed by atoms with E-state index in [0.717, 1.165) is 17.1 Å². The summed E-state index contributed by atoms with van der Waals surface area (Å²) in [5, 5.41) is 0. The fraction of sp³-hybridized carbons (Fsp3) is 0. The van der Waals surface area contributed by atoms with E-state index in [1.807, 2.05) is 22.7 Å². The molecule has 16 heavy (non-hydrogen) atoms. The minimum atomic E-state index is -0.0194. The van der Waals surface area contributed by atoms with Crippen molar-refractivity contribution in [3.8, 4) is 11.5 Å². The van der Waals surface area contributed by atoms with Gasteiger partial charge in [0.25, 0.3) is 0 Å². The third-order valence-corrected chi connectivity index (χ3v) is 2.75. The minimum Gasteiger partial charge on any atom is -0.448 e. The van der Waals surface area contributed by atoms with Crippen LogP contribution < -0.4 is 5.43 Å². The molecular weight excluding hydrogens is 272 g/mol. The average molecular weight is 279 g/mol. The summed E-state index contributed by atoms with van der Waals surface area (Å²) in [6.45, 7) is 0. The fourth-order valence-electron chi connectivity index (χ4n) is 1.60. The van der Waals surface area contributed by atoms with E-state index >= 15 is 0 Å². The van der Waals surface area contributed by atoms with Crippen molar-refractivity contribution >= 4 is 21.6 Å². The molecule has 0 aliphatic heterocycles. The Morgan fingerprint density at radius 2 is 2.19 bits per heavy atom. The van der Waals surface area contributed by atoms with Crippen LogP contribution in [0.1, 0.15) is 0 Å². The van der Waals surface area contributed by atoms with E-state index in [2.05, 4.69) is 20.9 Å². The quantitative estimate of drug-likeness (QED) is 0.744. The standard InChI is InChI=1S/C11H7BrN2O2/c12-10-2-1-9(16-10)8-6-14-4-3-7(15)5-11(14)13-8/h1-6,13H. The predicted octanol–water partition coefficient (Wildman–Crippen LogP) is 2.65. The van der Waals surface area contributed by atoms with Crippen molar-refractivity contribution in [3.05, 3.63) is 51.6 Å². The first-order chi connectivity index (χ1) is 7.72. The van der Waals surface area contributed by atoms with Crippen molar-refractivity contribution in [2.75, 3.05) is 0 Å². The summed E-state index contributed by atoms with van der Waals surface area (Å²) in [6, 6.07) is 6.74. The topological polar surface area (TPSA) is 50.4 Å². The Kier molecular flexibility index (Phi) is 2.00. The maximum atomic E-state index is 11.2. The van der Waals surface area contributed by atoms with Gasteiger partial charge in [-0.15, -0.1) is 0 Å². The van der Waals surface area contributed by atoms with Crippen LogP contribution in [-0.2, 0) is 0 Å². The monoisotopic (exact) mass is 278 g/mol. The molecule has 0 saturated heterocycles. The number of rotatable bonds is 1. The lowest BCUT2D eigenvalue weighted by atomic mass is 10.4. The third-order valence-electron chi connectivity index (χ3n) is 2.33. The highest BCUT2D eigenvalue weighted by Crippen LogP contribution is 2.24. The number of imidazole rings is 1. The first-order valence-electron chi connectivity index (χ1n) is 4.69. The summed E-state index contributed by atoms with van der Waals surface area (Å²) in [7, 11) is 0. The summed E-state index contributed by atoms with van der Waals surface area (Å²) in [5.41, 5.74) is 1.56. The molecule has 5 heteroatoms. The van der Waals surface area contributed by atoms with Crippen molar-refractivity contribution in [3.63, 3.8) is 0 Å². The van der Waals surface area contributed by atoms with Gasteiger partial charge in [0.2, 0.25) is 0 Å². The van der Waals surface area contributed by atoms with E-state index in [1.54, 1.807) is 12.3 Å². The van der Waals surface area contributed by atoms with Gasteiger partial charge in [0.05, 0.1) is 5.69 Å². The molecule has 0 fully saturated rings. The van der Waals surface area contributed by atoms with E-state index in [-0.39, 0.29) is 5.43 Å². The van der Waals surface area contributed by atoms with E-state index < -0.39 is 0 Å². The summed E-state index contributed by atoms with van der Waals surface area (Å²) in [6.07, 6.45) is 3.59. The molecule has 3 aromatic heterocycles. The maximum Gasteiger partial charge on any atom is 0.183 e. The molecule has 0 aromatic carbocycles. The van der Waals surface area contributed by atoms with Crippen molar-refractivity contribution in [2.24, 2.45) is 0 Å². The summed E-state index contributed by atoms with van der Waals surface area (Å²) >= 11 is 3.25. The smallest absolute Gasteiger partial charge is 0.183 e. The van der Waals surface area contributed by atoms with Crippen LogP contribution in [0.2, 0.25) is 0 Å². The number of aromatic nitrogens is 2. The lowest BCUT2D eigenvalue weighted by molar-refractivity contribution is 0.554. The molecule has 3 heterocycles. The average Bonchev–Trinajstić information content (AvgIpc) is 2.83. The van der Waals surface area contributed by atoms with Gasteiger partial charge in [0, 0.05) is 24.5 Å². The number of fused-ring (bicyclic) bond motifs is 1. The zero-order valence-corrected chi connectivity index (χ0v) is 9.69. The van der Waals surface area contributed by atoms with Gasteiger partial charge in [-0.25, -0.2) is 0 Å². The highest BCUT2D eigenvalue weighted by atomic mass is 79.9. The van der Waals surface area contributed by atoms with Crippen LogP contribution in [0.15, 0.2) is 50.5 Å². The van der Waals surface area contributed by atoms with Gasteiger partial charge in [0.1, 0.15) is 5.65 Å². The number of furan rings is 1. The van der Waals surface area contributed by atoms with Crippen LogP contribution in [0.3, 0.4) is 0 Å². The van der Waals surface area contributed by atoms with Crippen molar-refractivity contribution in [1.82, 2.24) is 9.38 Å². The number of nitrogens with zero attached hydrogens (tertiary/aromatic N) is 1. The number of hydrogen-bond donors (Lipinski definition) is 1. The van der Waals surface area contributed by atoms with E-state index in [1.165, 1.54) is 6.07 Å². The van der Waals surface area contributed by atoms with E-state index in [9.17, 15) is 4.79 Å². The van der Waals surface area contributed by atoms with E-state index in [4.69, 9.17) is 4.42 Å². The van der Waals surface area contributed by atoms with Crippen LogP contribution in [0.25, 0.3) is 17.1 Å². The molecular formula is C11H7BrN2O2. The van der Waals surface area contributed by atoms with Gasteiger partial charge in [0.15, 0.2) is 15.9 Å². The Balaban J connectivity index is 2.22. The molecule has 0 amide bonds. The lowest BCUT2D eigenvalue weighted by Crippen LogP contribution is -1.97. The molecule has 0 aliphatic carbocycles. The second kappa shape index (κ2) is 3.38. The second-order valence-electron chi connectivity index (χ2n) is 3.43. The van der Waals surface area contributed by atoms with Gasteiger partial charge < -0.3 is 13.8 Å². The highest BCUT2D eigenvalue weighted by molar-refractivity contribution is 9.10. The molecule has 80 valence electrons. The maximum absolute atomic E-state index is 11.2. The van der Waals surface area contributed by atoms with Crippen LogP contribution in [0.4, 0.5) is 0 Å². The number of pyridine rings is 1. The molecule has 0 spiro atoms. The lowest BCUT2D eigenvalue weighted by Gasteiger charge is -1.87. The molecule has 3 rings (SSSR count). The Morgan fingerprint density at radius 1 is 1.31 bits per heavy atom. The molecule has 1 N–H and O–H groups in total. The zero-order valence-electron chi connectivity index (χ0n) is 8.11. The summed E-state index contributed by atoms with van der Waals surface area (Å²) in [4.78, 5) is 14.3. The Bertz CT molecular complexity index is 708. The van der Waals surface area contributed by atoms with Gasteiger partial charge in [-0.1, -0.05) is 0 Å². The normalized spacial score (nSPS) is 11.1. The molecule has 3 aromatic rings.